The maximum Gasteiger partial charge on any atom is 0.229 e. The summed E-state index contributed by atoms with van der Waals surface area (Å²) >= 11 is 0. The minimum absolute atomic E-state index is 0.119. The molecule has 2 aromatic rings. The lowest BCUT2D eigenvalue weighted by atomic mass is 10.0. The molecular weight excluding hydrogens is 369 g/mol. The van der Waals surface area contributed by atoms with Crippen LogP contribution in [0.2, 0.25) is 0 Å². The summed E-state index contributed by atoms with van der Waals surface area (Å²) in [5.41, 5.74) is 2.57. The van der Waals surface area contributed by atoms with Crippen molar-refractivity contribution in [3.63, 3.8) is 0 Å². The molecule has 1 heterocycles. The van der Waals surface area contributed by atoms with Gasteiger partial charge in [0.05, 0.1) is 29.8 Å². The van der Waals surface area contributed by atoms with Crippen LogP contribution in [0.1, 0.15) is 29.9 Å². The van der Waals surface area contributed by atoms with Gasteiger partial charge in [-0.25, -0.2) is 22.8 Å². The number of Topliss-reactive ketones (excluding diaryl/α,β-unsaturated/α-hetero) is 1. The van der Waals surface area contributed by atoms with E-state index >= 15 is 0 Å². The minimum Gasteiger partial charge on any atom is -0.299 e. The molecule has 1 aromatic heterocycles. The molecule has 6 nitrogen and oxygen atoms in total. The van der Waals surface area contributed by atoms with Crippen molar-refractivity contribution < 1.29 is 17.6 Å². The van der Waals surface area contributed by atoms with Crippen molar-refractivity contribution in [2.45, 2.75) is 25.7 Å². The Morgan fingerprint density at radius 2 is 2.07 bits per heavy atom. The molecular formula is C19H18FN3O3S. The van der Waals surface area contributed by atoms with Gasteiger partial charge in [-0.1, -0.05) is 18.2 Å². The molecule has 2 aliphatic carbocycles. The number of aromatic nitrogens is 2. The number of allylic oxidation sites excluding steroid dienone is 1. The molecule has 0 spiro atoms. The number of nitrogens with one attached hydrogen (secondary N) is 1. The zero-order valence-corrected chi connectivity index (χ0v) is 15.5. The Hall–Kier alpha value is -2.61. The Labute approximate surface area is 156 Å². The molecule has 8 heteroatoms. The summed E-state index contributed by atoms with van der Waals surface area (Å²) in [4.78, 5) is 21.2. The Kier molecular flexibility index (Phi) is 4.30. The summed E-state index contributed by atoms with van der Waals surface area (Å²) in [6.45, 7) is 0. The Bertz CT molecular complexity index is 1080. The summed E-state index contributed by atoms with van der Waals surface area (Å²) in [6.07, 6.45) is 7.48. The van der Waals surface area contributed by atoms with Gasteiger partial charge < -0.3 is 0 Å². The highest BCUT2D eigenvalue weighted by Gasteiger charge is 2.30. The molecule has 0 unspecified atom stereocenters. The number of carbonyl (C=O) groups excluding carboxylic acids is 1. The van der Waals surface area contributed by atoms with E-state index in [-0.39, 0.29) is 23.8 Å². The van der Waals surface area contributed by atoms with Gasteiger partial charge in [0.2, 0.25) is 10.0 Å². The number of halogens is 1. The molecule has 140 valence electrons. The first-order valence-electron chi connectivity index (χ1n) is 8.67. The highest BCUT2D eigenvalue weighted by atomic mass is 32.2. The Balaban J connectivity index is 1.72. The predicted molar refractivity (Wildman–Crippen MR) is 100 cm³/mol. The predicted octanol–water partition coefficient (Wildman–Crippen LogP) is 2.75. The smallest absolute Gasteiger partial charge is 0.229 e. The van der Waals surface area contributed by atoms with Crippen LogP contribution < -0.4 is 4.72 Å². The topological polar surface area (TPSA) is 89.0 Å². The zero-order valence-electron chi connectivity index (χ0n) is 14.7. The van der Waals surface area contributed by atoms with Gasteiger partial charge in [0.1, 0.15) is 17.4 Å². The number of hydrogen-bond acceptors (Lipinski definition) is 5. The fourth-order valence-corrected chi connectivity index (χ4v) is 3.70. The quantitative estimate of drug-likeness (QED) is 0.823. The second-order valence-electron chi connectivity index (χ2n) is 6.94. The number of sulfonamides is 1. The van der Waals surface area contributed by atoms with Gasteiger partial charge in [0.15, 0.2) is 0 Å². The van der Waals surface area contributed by atoms with Crippen LogP contribution in [-0.2, 0) is 27.7 Å². The minimum atomic E-state index is -3.57. The van der Waals surface area contributed by atoms with Crippen LogP contribution in [0.5, 0.6) is 0 Å². The van der Waals surface area contributed by atoms with Crippen LogP contribution in [0.4, 0.5) is 10.1 Å². The van der Waals surface area contributed by atoms with Crippen LogP contribution in [-0.4, -0.2) is 30.4 Å². The van der Waals surface area contributed by atoms with Crippen LogP contribution in [0.25, 0.3) is 17.3 Å². The number of rotatable bonds is 6. The largest absolute Gasteiger partial charge is 0.299 e. The maximum atomic E-state index is 14.4. The number of anilines is 1. The molecule has 0 saturated heterocycles. The summed E-state index contributed by atoms with van der Waals surface area (Å²) in [7, 11) is -3.57. The average Bonchev–Trinajstić information content (AvgIpc) is 3.33. The van der Waals surface area contributed by atoms with Gasteiger partial charge in [-0.3, -0.25) is 9.52 Å². The first-order valence-corrected chi connectivity index (χ1v) is 10.6. The highest BCUT2D eigenvalue weighted by Crippen LogP contribution is 2.33. The molecule has 1 aromatic carbocycles. The van der Waals surface area contributed by atoms with E-state index in [1.807, 2.05) is 12.2 Å². The van der Waals surface area contributed by atoms with Crippen molar-refractivity contribution in [2.24, 2.45) is 5.92 Å². The number of carbonyl (C=O) groups is 1. The van der Waals surface area contributed by atoms with Crippen molar-refractivity contribution >= 4 is 27.6 Å². The SMILES string of the molecule is CS(=O)(=O)Nc1ccc(-c2nc(CC(=O)C3CC3)nc3c2C=CC3)cc1F. The third-order valence-electron chi connectivity index (χ3n) is 4.57. The molecule has 0 amide bonds. The number of hydrogen-bond donors (Lipinski definition) is 1. The van der Waals surface area contributed by atoms with Crippen molar-refractivity contribution in [3.05, 3.63) is 47.2 Å². The summed E-state index contributed by atoms with van der Waals surface area (Å²) in [5.74, 6) is 0.0268. The fraction of sp³-hybridized carbons (Fsp3) is 0.316. The van der Waals surface area contributed by atoms with Crippen LogP contribution >= 0.6 is 0 Å². The lowest BCUT2D eigenvalue weighted by Gasteiger charge is -2.11. The molecule has 1 fully saturated rings. The van der Waals surface area contributed by atoms with Crippen molar-refractivity contribution in [1.29, 1.82) is 0 Å². The van der Waals surface area contributed by atoms with Crippen molar-refractivity contribution in [3.8, 4) is 11.3 Å². The van der Waals surface area contributed by atoms with E-state index in [2.05, 4.69) is 14.7 Å². The number of nitrogens with zero attached hydrogens (tertiary/aromatic N) is 2. The van der Waals surface area contributed by atoms with Gasteiger partial charge in [-0.05, 0) is 25.0 Å². The third-order valence-corrected chi connectivity index (χ3v) is 5.16. The summed E-state index contributed by atoms with van der Waals surface area (Å²) in [5, 5.41) is 0. The number of benzene rings is 1. The number of ketones is 1. The average molecular weight is 387 g/mol. The lowest BCUT2D eigenvalue weighted by Crippen LogP contribution is -2.12. The lowest BCUT2D eigenvalue weighted by molar-refractivity contribution is -0.119. The molecule has 0 atom stereocenters. The normalized spacial score (nSPS) is 15.6. The molecule has 0 radical (unpaired) electrons. The molecule has 0 aliphatic heterocycles. The first kappa shape index (κ1) is 17.8. The molecule has 4 rings (SSSR count). The molecule has 1 saturated carbocycles. The fourth-order valence-electron chi connectivity index (χ4n) is 3.14. The monoisotopic (exact) mass is 387 g/mol. The Morgan fingerprint density at radius 3 is 2.74 bits per heavy atom. The van der Waals surface area contributed by atoms with Crippen molar-refractivity contribution in [1.82, 2.24) is 9.97 Å². The van der Waals surface area contributed by atoms with Crippen molar-refractivity contribution in [2.75, 3.05) is 11.0 Å². The van der Waals surface area contributed by atoms with E-state index < -0.39 is 15.8 Å². The Morgan fingerprint density at radius 1 is 1.30 bits per heavy atom. The maximum absolute atomic E-state index is 14.4. The van der Waals surface area contributed by atoms with Crippen LogP contribution in [0.3, 0.4) is 0 Å². The third kappa shape index (κ3) is 3.90. The van der Waals surface area contributed by atoms with Gasteiger partial charge in [-0.2, -0.15) is 0 Å². The highest BCUT2D eigenvalue weighted by molar-refractivity contribution is 7.92. The van der Waals surface area contributed by atoms with E-state index in [9.17, 15) is 17.6 Å². The van der Waals surface area contributed by atoms with Gasteiger partial charge in [0, 0.05) is 23.5 Å². The molecule has 27 heavy (non-hydrogen) atoms. The van der Waals surface area contributed by atoms with Crippen LogP contribution in [0, 0.1) is 11.7 Å². The standard InChI is InChI=1S/C19H18FN3O3S/c1-27(25,26)23-16-8-7-12(9-14(16)20)19-13-3-2-4-15(13)21-18(22-19)10-17(24)11-5-6-11/h2-3,7-9,11,23H,4-6,10H2,1H3. The number of fused-ring (bicyclic) bond motifs is 1. The van der Waals surface area contributed by atoms with E-state index in [1.54, 1.807) is 6.07 Å². The molecule has 0 bridgehead atoms. The summed E-state index contributed by atoms with van der Waals surface area (Å²) in [6, 6.07) is 4.22. The zero-order chi connectivity index (χ0) is 19.2. The second kappa shape index (κ2) is 6.53. The van der Waals surface area contributed by atoms with Crippen LogP contribution in [0.15, 0.2) is 24.3 Å². The second-order valence-corrected chi connectivity index (χ2v) is 8.69. The molecule has 1 N–H and O–H groups in total. The molecule has 2 aliphatic rings. The van der Waals surface area contributed by atoms with Gasteiger partial charge in [0.25, 0.3) is 0 Å². The van der Waals surface area contributed by atoms with E-state index in [4.69, 9.17) is 0 Å². The summed E-state index contributed by atoms with van der Waals surface area (Å²) < 4.78 is 39.2. The van der Waals surface area contributed by atoms with E-state index in [1.165, 1.54) is 12.1 Å². The van der Waals surface area contributed by atoms with E-state index in [0.29, 0.717) is 23.5 Å². The first-order chi connectivity index (χ1) is 12.8. The van der Waals surface area contributed by atoms with E-state index in [0.717, 1.165) is 30.4 Å². The van der Waals surface area contributed by atoms with Gasteiger partial charge in [-0.15, -0.1) is 0 Å². The van der Waals surface area contributed by atoms with Gasteiger partial charge >= 0.3 is 0 Å².